The predicted octanol–water partition coefficient (Wildman–Crippen LogP) is -0.935. The van der Waals surface area contributed by atoms with Gasteiger partial charge in [-0.05, 0) is 13.0 Å². The number of amides is 1. The zero-order valence-electron chi connectivity index (χ0n) is 9.63. The first-order valence-corrected chi connectivity index (χ1v) is 5.76. The Morgan fingerprint density at radius 2 is 2.29 bits per heavy atom. The highest BCUT2D eigenvalue weighted by Gasteiger charge is 2.15. The quantitative estimate of drug-likeness (QED) is 0.720. The Morgan fingerprint density at radius 3 is 3.12 bits per heavy atom. The van der Waals surface area contributed by atoms with Gasteiger partial charge in [-0.2, -0.15) is 0 Å². The number of rotatable bonds is 2. The van der Waals surface area contributed by atoms with Crippen LogP contribution in [-0.4, -0.2) is 46.5 Å². The summed E-state index contributed by atoms with van der Waals surface area (Å²) in [7, 11) is 0. The molecule has 0 aromatic carbocycles. The minimum absolute atomic E-state index is 0.0243. The fourth-order valence-electron chi connectivity index (χ4n) is 1.84. The zero-order chi connectivity index (χ0) is 12.1. The lowest BCUT2D eigenvalue weighted by Gasteiger charge is -2.20. The Labute approximate surface area is 99.3 Å². The van der Waals surface area contributed by atoms with Gasteiger partial charge in [-0.3, -0.25) is 14.2 Å². The Kier molecular flexibility index (Phi) is 3.87. The molecule has 6 nitrogen and oxygen atoms in total. The van der Waals surface area contributed by atoms with Gasteiger partial charge in [-0.25, -0.2) is 4.98 Å². The van der Waals surface area contributed by atoms with Crippen molar-refractivity contribution in [3.05, 3.63) is 28.9 Å². The maximum atomic E-state index is 12.0. The van der Waals surface area contributed by atoms with Crippen LogP contribution in [0.5, 0.6) is 0 Å². The SMILES string of the molecule is O=C(Cn1cnccc1=O)N1CCCNCC1. The van der Waals surface area contributed by atoms with E-state index in [0.717, 1.165) is 26.1 Å². The van der Waals surface area contributed by atoms with E-state index in [1.807, 2.05) is 0 Å². The van der Waals surface area contributed by atoms with E-state index in [1.54, 1.807) is 4.90 Å². The van der Waals surface area contributed by atoms with Crippen LogP contribution in [0.2, 0.25) is 0 Å². The molecule has 1 N–H and O–H groups in total. The number of carbonyl (C=O) groups excluding carboxylic acids is 1. The van der Waals surface area contributed by atoms with Crippen LogP contribution in [0.4, 0.5) is 0 Å². The number of hydrogen-bond acceptors (Lipinski definition) is 4. The molecule has 1 aliphatic heterocycles. The number of aromatic nitrogens is 2. The van der Waals surface area contributed by atoms with Gasteiger partial charge >= 0.3 is 0 Å². The third-order valence-corrected chi connectivity index (χ3v) is 2.79. The van der Waals surface area contributed by atoms with Crippen molar-refractivity contribution in [1.29, 1.82) is 0 Å². The van der Waals surface area contributed by atoms with Gasteiger partial charge < -0.3 is 10.2 Å². The first-order valence-electron chi connectivity index (χ1n) is 5.76. The third kappa shape index (κ3) is 3.13. The summed E-state index contributed by atoms with van der Waals surface area (Å²) in [5, 5.41) is 3.23. The molecule has 6 heteroatoms. The second-order valence-electron chi connectivity index (χ2n) is 4.03. The first-order chi connectivity index (χ1) is 8.27. The lowest BCUT2D eigenvalue weighted by molar-refractivity contribution is -0.131. The van der Waals surface area contributed by atoms with Gasteiger partial charge in [0, 0.05) is 31.9 Å². The molecular weight excluding hydrogens is 220 g/mol. The van der Waals surface area contributed by atoms with E-state index in [4.69, 9.17) is 0 Å². The smallest absolute Gasteiger partial charge is 0.253 e. The van der Waals surface area contributed by atoms with Crippen molar-refractivity contribution in [3.63, 3.8) is 0 Å². The molecule has 1 saturated heterocycles. The van der Waals surface area contributed by atoms with E-state index in [2.05, 4.69) is 10.3 Å². The van der Waals surface area contributed by atoms with Crippen molar-refractivity contribution in [2.45, 2.75) is 13.0 Å². The molecule has 0 saturated carbocycles. The molecule has 17 heavy (non-hydrogen) atoms. The van der Waals surface area contributed by atoms with Crippen LogP contribution in [0.15, 0.2) is 23.4 Å². The molecule has 0 radical (unpaired) electrons. The van der Waals surface area contributed by atoms with Crippen LogP contribution in [0, 0.1) is 0 Å². The number of nitrogens with one attached hydrogen (secondary N) is 1. The van der Waals surface area contributed by atoms with E-state index in [0.29, 0.717) is 6.54 Å². The second kappa shape index (κ2) is 5.58. The molecule has 1 amide bonds. The van der Waals surface area contributed by atoms with Gasteiger partial charge in [0.25, 0.3) is 5.56 Å². The summed E-state index contributed by atoms with van der Waals surface area (Å²) < 4.78 is 1.33. The van der Waals surface area contributed by atoms with Crippen molar-refractivity contribution >= 4 is 5.91 Å². The predicted molar refractivity (Wildman–Crippen MR) is 62.6 cm³/mol. The van der Waals surface area contributed by atoms with Crippen LogP contribution < -0.4 is 10.9 Å². The molecule has 0 spiro atoms. The summed E-state index contributed by atoms with van der Waals surface area (Å²) >= 11 is 0. The molecule has 1 fully saturated rings. The molecule has 1 aromatic rings. The van der Waals surface area contributed by atoms with E-state index < -0.39 is 0 Å². The Balaban J connectivity index is 2.01. The van der Waals surface area contributed by atoms with Gasteiger partial charge in [0.15, 0.2) is 0 Å². The molecule has 0 bridgehead atoms. The van der Waals surface area contributed by atoms with Crippen LogP contribution in [0.3, 0.4) is 0 Å². The zero-order valence-corrected chi connectivity index (χ0v) is 9.63. The van der Waals surface area contributed by atoms with E-state index >= 15 is 0 Å². The standard InChI is InChI=1S/C11H16N4O2/c16-10-2-4-13-9-15(10)8-11(17)14-6-1-3-12-5-7-14/h2,4,9,12H,1,3,5-8H2. The lowest BCUT2D eigenvalue weighted by atomic mass is 10.4. The van der Waals surface area contributed by atoms with E-state index in [-0.39, 0.29) is 18.0 Å². The minimum Gasteiger partial charge on any atom is -0.340 e. The largest absolute Gasteiger partial charge is 0.340 e. The van der Waals surface area contributed by atoms with E-state index in [9.17, 15) is 9.59 Å². The van der Waals surface area contributed by atoms with Gasteiger partial charge in [0.2, 0.25) is 5.91 Å². The van der Waals surface area contributed by atoms with Gasteiger partial charge in [-0.15, -0.1) is 0 Å². The number of nitrogens with zero attached hydrogens (tertiary/aromatic N) is 3. The number of carbonyl (C=O) groups is 1. The molecular formula is C11H16N4O2. The average Bonchev–Trinajstić information content (AvgIpc) is 2.61. The first kappa shape index (κ1) is 11.8. The minimum atomic E-state index is -0.193. The van der Waals surface area contributed by atoms with Crippen LogP contribution in [0.25, 0.3) is 0 Å². The number of hydrogen-bond donors (Lipinski definition) is 1. The fraction of sp³-hybridized carbons (Fsp3) is 0.545. The Morgan fingerprint density at radius 1 is 1.41 bits per heavy atom. The van der Waals surface area contributed by atoms with Gasteiger partial charge in [0.1, 0.15) is 6.54 Å². The normalized spacial score (nSPS) is 16.6. The summed E-state index contributed by atoms with van der Waals surface area (Å²) in [6, 6.07) is 1.36. The third-order valence-electron chi connectivity index (χ3n) is 2.79. The highest BCUT2D eigenvalue weighted by molar-refractivity contribution is 5.76. The highest BCUT2D eigenvalue weighted by atomic mass is 16.2. The topological polar surface area (TPSA) is 67.2 Å². The lowest BCUT2D eigenvalue weighted by Crippen LogP contribution is -2.38. The van der Waals surface area contributed by atoms with Gasteiger partial charge in [0.05, 0.1) is 6.33 Å². The van der Waals surface area contributed by atoms with Crippen molar-refractivity contribution in [2.24, 2.45) is 0 Å². The molecule has 2 heterocycles. The summed E-state index contributed by atoms with van der Waals surface area (Å²) in [5.74, 6) is -0.0243. The fourth-order valence-corrected chi connectivity index (χ4v) is 1.84. The molecule has 2 rings (SSSR count). The maximum Gasteiger partial charge on any atom is 0.253 e. The van der Waals surface area contributed by atoms with Gasteiger partial charge in [-0.1, -0.05) is 0 Å². The van der Waals surface area contributed by atoms with E-state index in [1.165, 1.54) is 23.2 Å². The van der Waals surface area contributed by atoms with Crippen LogP contribution in [-0.2, 0) is 11.3 Å². The Hall–Kier alpha value is -1.69. The van der Waals surface area contributed by atoms with Crippen molar-refractivity contribution in [1.82, 2.24) is 19.8 Å². The molecule has 0 atom stereocenters. The average molecular weight is 236 g/mol. The molecule has 0 aliphatic carbocycles. The summed E-state index contributed by atoms with van der Waals surface area (Å²) in [6.45, 7) is 3.28. The summed E-state index contributed by atoms with van der Waals surface area (Å²) in [5.41, 5.74) is -0.193. The maximum absolute atomic E-state index is 12.0. The van der Waals surface area contributed by atoms with Crippen LogP contribution >= 0.6 is 0 Å². The monoisotopic (exact) mass is 236 g/mol. The molecule has 1 aromatic heterocycles. The molecule has 0 unspecified atom stereocenters. The molecule has 92 valence electrons. The summed E-state index contributed by atoms with van der Waals surface area (Å²) in [4.78, 5) is 29.1. The van der Waals surface area contributed by atoms with Crippen LogP contribution in [0.1, 0.15) is 6.42 Å². The molecule has 1 aliphatic rings. The Bertz CT molecular complexity index is 435. The summed E-state index contributed by atoms with van der Waals surface area (Å²) in [6.07, 6.45) is 3.78. The van der Waals surface area contributed by atoms with Crippen molar-refractivity contribution in [3.8, 4) is 0 Å². The highest BCUT2D eigenvalue weighted by Crippen LogP contribution is 1.97. The van der Waals surface area contributed by atoms with Crippen molar-refractivity contribution < 1.29 is 4.79 Å². The second-order valence-corrected chi connectivity index (χ2v) is 4.03. The van der Waals surface area contributed by atoms with Crippen molar-refractivity contribution in [2.75, 3.05) is 26.2 Å².